The van der Waals surface area contributed by atoms with Crippen LogP contribution in [-0.4, -0.2) is 43.1 Å². The van der Waals surface area contributed by atoms with Gasteiger partial charge in [-0.2, -0.15) is 0 Å². The number of oxazole rings is 1. The number of aromatic amines is 1. The highest BCUT2D eigenvalue weighted by molar-refractivity contribution is 6.13. The van der Waals surface area contributed by atoms with Crippen molar-refractivity contribution in [3.63, 3.8) is 0 Å². The predicted octanol–water partition coefficient (Wildman–Crippen LogP) is 0.882. The Balaban J connectivity index is 0.000000179. The topological polar surface area (TPSA) is 161 Å². The first-order valence-corrected chi connectivity index (χ1v) is 8.99. The highest BCUT2D eigenvalue weighted by Crippen LogP contribution is 2.14. The van der Waals surface area contributed by atoms with Crippen LogP contribution >= 0.6 is 11.8 Å². The number of rotatable bonds is 4. The number of carbonyl (C=O) groups excluding carboxylic acids is 1. The molecule has 0 aliphatic rings. The first kappa shape index (κ1) is 21.8. The molecule has 3 aromatic heterocycles. The van der Waals surface area contributed by atoms with E-state index < -0.39 is 17.6 Å². The van der Waals surface area contributed by atoms with Gasteiger partial charge in [-0.3, -0.25) is 4.57 Å². The molecule has 4 aromatic rings. The largest absolute Gasteiger partial charge is 0.477 e. The molecule has 31 heavy (non-hydrogen) atoms. The zero-order chi connectivity index (χ0) is 22.7. The minimum Gasteiger partial charge on any atom is -0.477 e. The van der Waals surface area contributed by atoms with E-state index in [1.54, 1.807) is 13.1 Å². The molecule has 3 N–H and O–H groups in total. The summed E-state index contributed by atoms with van der Waals surface area (Å²) >= 11 is 5.39. The van der Waals surface area contributed by atoms with Gasteiger partial charge in [-0.1, -0.05) is 6.07 Å². The molecule has 0 saturated heterocycles. The maximum Gasteiger partial charge on any atom is 0.419 e. The number of aromatic carboxylic acids is 1. The molecule has 0 aliphatic heterocycles. The van der Waals surface area contributed by atoms with Crippen LogP contribution in [0.2, 0.25) is 0 Å². The average Bonchev–Trinajstić information content (AvgIpc) is 3.27. The number of halogens is 1. The van der Waals surface area contributed by atoms with Crippen molar-refractivity contribution in [3.8, 4) is 0 Å². The van der Waals surface area contributed by atoms with Crippen LogP contribution < -0.4 is 16.3 Å². The third kappa shape index (κ3) is 4.34. The van der Waals surface area contributed by atoms with E-state index >= 15 is 0 Å². The fourth-order valence-corrected chi connectivity index (χ4v) is 2.90. The van der Waals surface area contributed by atoms with Crippen LogP contribution in [0.3, 0.4) is 0 Å². The lowest BCUT2D eigenvalue weighted by Gasteiger charge is -2.03. The molecule has 0 saturated carbocycles. The van der Waals surface area contributed by atoms with Gasteiger partial charge in [-0.05, 0) is 29.5 Å². The van der Waals surface area contributed by atoms with E-state index in [0.717, 1.165) is 28.7 Å². The second-order valence-electron chi connectivity index (χ2n) is 6.15. The molecule has 0 radical (unpaired) electrons. The van der Waals surface area contributed by atoms with Gasteiger partial charge in [-0.25, -0.2) is 33.4 Å². The third-order valence-electron chi connectivity index (χ3n) is 4.25. The molecular weight excluding hydrogens is 434 g/mol. The molecule has 0 unspecified atom stereocenters. The van der Waals surface area contributed by atoms with Gasteiger partial charge in [0.2, 0.25) is 0 Å². The molecule has 0 fully saturated rings. The monoisotopic (exact) mass is 449 g/mol. The summed E-state index contributed by atoms with van der Waals surface area (Å²) in [4.78, 5) is 53.3. The van der Waals surface area contributed by atoms with Crippen molar-refractivity contribution in [3.05, 3.63) is 68.4 Å². The number of methoxy groups -OCH3 is 1. The van der Waals surface area contributed by atoms with Gasteiger partial charge in [0, 0.05) is 25.9 Å². The number of benzene rings is 1. The molecule has 12 nitrogen and oxygen atoms in total. The minimum absolute atomic E-state index is 0.0373. The highest BCUT2D eigenvalue weighted by Gasteiger charge is 2.18. The summed E-state index contributed by atoms with van der Waals surface area (Å²) in [7, 11) is 2.80. The van der Waals surface area contributed by atoms with Gasteiger partial charge >= 0.3 is 23.4 Å². The van der Waals surface area contributed by atoms with Gasteiger partial charge in [0.15, 0.2) is 16.9 Å². The molecular formula is C18H16ClN5O7. The lowest BCUT2D eigenvalue weighted by Crippen LogP contribution is -2.20. The SMILES string of the molecule is COC(=O)c1cc(C(=O)O)nc2c[nH]c(=O)n12.Cn1c(=O)oc2ccc(CNCl)cc21. The van der Waals surface area contributed by atoms with Crippen LogP contribution in [0, 0.1) is 0 Å². The molecule has 13 heteroatoms. The van der Waals surface area contributed by atoms with Crippen molar-refractivity contribution in [2.45, 2.75) is 6.54 Å². The van der Waals surface area contributed by atoms with E-state index in [2.05, 4.69) is 19.5 Å². The van der Waals surface area contributed by atoms with E-state index in [4.69, 9.17) is 21.3 Å². The first-order valence-electron chi connectivity index (χ1n) is 8.61. The number of nitrogens with one attached hydrogen (secondary N) is 2. The van der Waals surface area contributed by atoms with Crippen molar-refractivity contribution >= 4 is 40.5 Å². The summed E-state index contributed by atoms with van der Waals surface area (Å²) in [6.45, 7) is 0.552. The normalized spacial score (nSPS) is 10.7. The number of carboxylic acid groups (broad SMARTS) is 1. The van der Waals surface area contributed by atoms with E-state index in [9.17, 15) is 19.2 Å². The Morgan fingerprint density at radius 3 is 2.71 bits per heavy atom. The summed E-state index contributed by atoms with van der Waals surface area (Å²) in [5, 5.41) is 8.82. The summed E-state index contributed by atoms with van der Waals surface area (Å²) in [5.41, 5.74) is 1.28. The van der Waals surface area contributed by atoms with E-state index in [0.29, 0.717) is 12.1 Å². The van der Waals surface area contributed by atoms with Gasteiger partial charge in [0.05, 0.1) is 12.6 Å². The number of nitrogens with zero attached hydrogens (tertiary/aromatic N) is 3. The first-order chi connectivity index (χ1) is 14.8. The third-order valence-corrected chi connectivity index (χ3v) is 4.38. The molecule has 0 amide bonds. The van der Waals surface area contributed by atoms with Gasteiger partial charge in [0.1, 0.15) is 5.69 Å². The molecule has 0 atom stereocenters. The van der Waals surface area contributed by atoms with Gasteiger partial charge < -0.3 is 19.2 Å². The van der Waals surface area contributed by atoms with Crippen LogP contribution in [0.5, 0.6) is 0 Å². The Kier molecular flexibility index (Phi) is 6.22. The fourth-order valence-electron chi connectivity index (χ4n) is 2.75. The van der Waals surface area contributed by atoms with Crippen molar-refractivity contribution in [1.82, 2.24) is 23.8 Å². The molecule has 0 aliphatic carbocycles. The zero-order valence-corrected chi connectivity index (χ0v) is 17.0. The smallest absolute Gasteiger partial charge is 0.419 e. The number of fused-ring (bicyclic) bond motifs is 2. The maximum atomic E-state index is 11.4. The lowest BCUT2D eigenvalue weighted by atomic mass is 10.2. The quantitative estimate of drug-likeness (QED) is 0.303. The Bertz CT molecular complexity index is 1400. The molecule has 0 bridgehead atoms. The van der Waals surface area contributed by atoms with Crippen LogP contribution in [0.1, 0.15) is 26.5 Å². The Morgan fingerprint density at radius 1 is 1.32 bits per heavy atom. The van der Waals surface area contributed by atoms with E-state index in [-0.39, 0.29) is 22.8 Å². The summed E-state index contributed by atoms with van der Waals surface area (Å²) in [5.74, 6) is -2.47. The number of hydrogen-bond acceptors (Lipinski definition) is 8. The standard InChI is InChI=1S/C9H9ClN2O2.C9H7N3O5/c1-12-7-4-6(5-11-10)2-3-8(7)14-9(12)13;1-17-8(15)5-2-4(7(13)14)11-6-3-10-9(16)12(5)6/h2-4,11H,5H2,1H3;2-3H,1H3,(H,10,16)(H,13,14). The number of carbonyl (C=O) groups is 2. The second kappa shape index (κ2) is 8.85. The fraction of sp³-hybridized carbons (Fsp3) is 0.167. The van der Waals surface area contributed by atoms with E-state index in [1.807, 2.05) is 12.1 Å². The highest BCUT2D eigenvalue weighted by atomic mass is 35.5. The molecule has 3 heterocycles. The predicted molar refractivity (Wildman–Crippen MR) is 108 cm³/mol. The van der Waals surface area contributed by atoms with Crippen molar-refractivity contribution in [1.29, 1.82) is 0 Å². The van der Waals surface area contributed by atoms with E-state index in [1.165, 1.54) is 10.8 Å². The van der Waals surface area contributed by atoms with Crippen LogP contribution in [-0.2, 0) is 18.3 Å². The number of ether oxygens (including phenoxy) is 1. The minimum atomic E-state index is -1.30. The van der Waals surface area contributed by atoms with Gasteiger partial charge in [0.25, 0.3) is 0 Å². The van der Waals surface area contributed by atoms with Crippen LogP contribution in [0.4, 0.5) is 0 Å². The molecule has 0 spiro atoms. The van der Waals surface area contributed by atoms with Crippen molar-refractivity contribution in [2.75, 3.05) is 7.11 Å². The van der Waals surface area contributed by atoms with Gasteiger partial charge in [-0.15, -0.1) is 0 Å². The second-order valence-corrected chi connectivity index (χ2v) is 6.42. The summed E-state index contributed by atoms with van der Waals surface area (Å²) in [6, 6.07) is 6.48. The zero-order valence-electron chi connectivity index (χ0n) is 16.2. The summed E-state index contributed by atoms with van der Waals surface area (Å²) in [6.07, 6.45) is 1.21. The average molecular weight is 450 g/mol. The van der Waals surface area contributed by atoms with Crippen LogP contribution in [0.25, 0.3) is 16.7 Å². The molecule has 162 valence electrons. The Morgan fingerprint density at radius 2 is 2.06 bits per heavy atom. The summed E-state index contributed by atoms with van der Waals surface area (Å²) < 4.78 is 11.9. The number of aryl methyl sites for hydroxylation is 1. The van der Waals surface area contributed by atoms with Crippen molar-refractivity contribution in [2.24, 2.45) is 7.05 Å². The number of imidazole rings is 1. The Labute approximate surface area is 177 Å². The number of esters is 1. The Hall–Kier alpha value is -3.90. The molecule has 1 aromatic carbocycles. The van der Waals surface area contributed by atoms with Crippen molar-refractivity contribution < 1.29 is 23.8 Å². The lowest BCUT2D eigenvalue weighted by molar-refractivity contribution is 0.0591. The number of H-pyrrole nitrogens is 1. The number of hydrogen-bond donors (Lipinski definition) is 3. The number of aromatic nitrogens is 4. The number of carboxylic acids is 1. The maximum absolute atomic E-state index is 11.4. The molecule has 4 rings (SSSR count). The van der Waals surface area contributed by atoms with Crippen LogP contribution in [0.15, 0.2) is 44.5 Å².